The van der Waals surface area contributed by atoms with Crippen molar-refractivity contribution in [3.8, 4) is 0 Å². The monoisotopic (exact) mass is 205 g/mol. The lowest BCUT2D eigenvalue weighted by Crippen LogP contribution is -2.22. The van der Waals surface area contributed by atoms with Crippen molar-refractivity contribution < 1.29 is 19.4 Å². The minimum absolute atomic E-state index is 0.0156. The van der Waals surface area contributed by atoms with Gasteiger partial charge in [-0.15, -0.1) is 0 Å². The number of benzene rings is 1. The molecule has 0 aliphatic rings. The fourth-order valence-corrected chi connectivity index (χ4v) is 0.960. The van der Waals surface area contributed by atoms with Crippen molar-refractivity contribution in [2.45, 2.75) is 6.92 Å². The lowest BCUT2D eigenvalue weighted by molar-refractivity contribution is -0.255. The maximum absolute atomic E-state index is 11.3. The number of ether oxygens (including phenoxy) is 1. The van der Waals surface area contributed by atoms with Crippen LogP contribution >= 0.6 is 0 Å². The standard InChI is InChI=1S/C11H10O4/c1-7(2)15-11(14)9-5-3-8(4-6-9)10(12)13/h3-6H,1H2,2H3,(H,12,13)/p-1. The van der Waals surface area contributed by atoms with Gasteiger partial charge in [-0.3, -0.25) is 0 Å². The molecular formula is C11H9O4-. The smallest absolute Gasteiger partial charge is 0.343 e. The summed E-state index contributed by atoms with van der Waals surface area (Å²) in [4.78, 5) is 21.7. The number of carboxylic acid groups (broad SMARTS) is 1. The molecule has 15 heavy (non-hydrogen) atoms. The van der Waals surface area contributed by atoms with E-state index in [1.165, 1.54) is 24.3 Å². The Morgan fingerprint density at radius 3 is 2.07 bits per heavy atom. The molecule has 0 aromatic heterocycles. The summed E-state index contributed by atoms with van der Waals surface area (Å²) >= 11 is 0. The van der Waals surface area contributed by atoms with Crippen molar-refractivity contribution in [2.24, 2.45) is 0 Å². The SMILES string of the molecule is C=C(C)OC(=O)c1ccc(C(=O)[O-])cc1. The van der Waals surface area contributed by atoms with E-state index in [1.807, 2.05) is 0 Å². The van der Waals surface area contributed by atoms with Gasteiger partial charge in [0, 0.05) is 0 Å². The molecule has 4 nitrogen and oxygen atoms in total. The van der Waals surface area contributed by atoms with Crippen LogP contribution in [0.3, 0.4) is 0 Å². The number of hydrogen-bond acceptors (Lipinski definition) is 4. The van der Waals surface area contributed by atoms with E-state index >= 15 is 0 Å². The fraction of sp³-hybridized carbons (Fsp3) is 0.0909. The van der Waals surface area contributed by atoms with Crippen molar-refractivity contribution in [3.63, 3.8) is 0 Å². The maximum atomic E-state index is 11.3. The fourth-order valence-electron chi connectivity index (χ4n) is 0.960. The zero-order valence-electron chi connectivity index (χ0n) is 8.15. The number of carboxylic acids is 1. The maximum Gasteiger partial charge on any atom is 0.343 e. The summed E-state index contributed by atoms with van der Waals surface area (Å²) in [5.41, 5.74) is 0.282. The van der Waals surface area contributed by atoms with E-state index in [2.05, 4.69) is 6.58 Å². The molecule has 0 radical (unpaired) electrons. The predicted molar refractivity (Wildman–Crippen MR) is 51.0 cm³/mol. The average Bonchev–Trinajstić information content (AvgIpc) is 2.17. The van der Waals surface area contributed by atoms with E-state index in [4.69, 9.17) is 4.74 Å². The third-order valence-corrected chi connectivity index (χ3v) is 1.62. The van der Waals surface area contributed by atoms with Crippen LogP contribution in [0, 0.1) is 0 Å². The Hall–Kier alpha value is -2.10. The van der Waals surface area contributed by atoms with Gasteiger partial charge < -0.3 is 14.6 Å². The summed E-state index contributed by atoms with van der Waals surface area (Å²) in [6, 6.07) is 5.28. The van der Waals surface area contributed by atoms with Crippen LogP contribution in [-0.4, -0.2) is 11.9 Å². The molecule has 1 aromatic rings. The Morgan fingerprint density at radius 1 is 1.20 bits per heavy atom. The zero-order valence-corrected chi connectivity index (χ0v) is 8.15. The third kappa shape index (κ3) is 2.95. The molecule has 4 heteroatoms. The first-order chi connectivity index (χ1) is 7.00. The number of aromatic carboxylic acids is 1. The number of esters is 1. The molecular weight excluding hydrogens is 196 g/mol. The molecule has 0 spiro atoms. The highest BCUT2D eigenvalue weighted by atomic mass is 16.5. The third-order valence-electron chi connectivity index (χ3n) is 1.62. The van der Waals surface area contributed by atoms with Crippen LogP contribution in [0.2, 0.25) is 0 Å². The summed E-state index contributed by atoms with van der Waals surface area (Å²) in [5, 5.41) is 10.4. The van der Waals surface area contributed by atoms with Gasteiger partial charge in [0.15, 0.2) is 0 Å². The van der Waals surface area contributed by atoms with Gasteiger partial charge in [0.25, 0.3) is 0 Å². The molecule has 0 atom stereocenters. The Bertz CT molecular complexity index is 403. The summed E-state index contributed by atoms with van der Waals surface area (Å²) < 4.78 is 4.74. The summed E-state index contributed by atoms with van der Waals surface area (Å²) in [6.07, 6.45) is 0. The van der Waals surface area contributed by atoms with Crippen molar-refractivity contribution in [3.05, 3.63) is 47.7 Å². The average molecular weight is 205 g/mol. The lowest BCUT2D eigenvalue weighted by Gasteiger charge is -2.04. The Kier molecular flexibility index (Phi) is 3.23. The molecule has 0 unspecified atom stereocenters. The molecule has 0 bridgehead atoms. The van der Waals surface area contributed by atoms with Crippen LogP contribution in [0.15, 0.2) is 36.6 Å². The second-order valence-corrected chi connectivity index (χ2v) is 2.96. The first kappa shape index (κ1) is 11.0. The molecule has 1 rings (SSSR count). The van der Waals surface area contributed by atoms with Gasteiger partial charge in [-0.05, 0) is 24.6 Å². The topological polar surface area (TPSA) is 66.4 Å². The van der Waals surface area contributed by atoms with Crippen molar-refractivity contribution in [1.82, 2.24) is 0 Å². The number of carbonyl (C=O) groups excluding carboxylic acids is 2. The van der Waals surface area contributed by atoms with E-state index in [1.54, 1.807) is 6.92 Å². The van der Waals surface area contributed by atoms with Gasteiger partial charge in [0.1, 0.15) is 0 Å². The number of hydrogen-bond donors (Lipinski definition) is 0. The van der Waals surface area contributed by atoms with Crippen LogP contribution in [0.5, 0.6) is 0 Å². The zero-order chi connectivity index (χ0) is 11.4. The molecule has 0 N–H and O–H groups in total. The number of carbonyl (C=O) groups is 2. The molecule has 0 aliphatic heterocycles. The van der Waals surface area contributed by atoms with E-state index < -0.39 is 11.9 Å². The van der Waals surface area contributed by atoms with Crippen molar-refractivity contribution in [2.75, 3.05) is 0 Å². The van der Waals surface area contributed by atoms with Crippen molar-refractivity contribution in [1.29, 1.82) is 0 Å². The van der Waals surface area contributed by atoms with Gasteiger partial charge in [0.2, 0.25) is 0 Å². The van der Waals surface area contributed by atoms with Gasteiger partial charge in [-0.1, -0.05) is 18.7 Å². The largest absolute Gasteiger partial charge is 0.545 e. The second kappa shape index (κ2) is 4.41. The quantitative estimate of drug-likeness (QED) is 0.539. The summed E-state index contributed by atoms with van der Waals surface area (Å²) in [5.74, 6) is -1.56. The van der Waals surface area contributed by atoms with Gasteiger partial charge in [0.05, 0.1) is 17.3 Å². The Morgan fingerprint density at radius 2 is 1.67 bits per heavy atom. The van der Waals surface area contributed by atoms with Gasteiger partial charge >= 0.3 is 5.97 Å². The Balaban J connectivity index is 2.84. The first-order valence-electron chi connectivity index (χ1n) is 4.20. The molecule has 0 aliphatic carbocycles. The van der Waals surface area contributed by atoms with Crippen LogP contribution in [-0.2, 0) is 4.74 Å². The van der Waals surface area contributed by atoms with Crippen molar-refractivity contribution >= 4 is 11.9 Å². The van der Waals surface area contributed by atoms with Gasteiger partial charge in [-0.2, -0.15) is 0 Å². The normalized spacial score (nSPS) is 9.40. The van der Waals surface area contributed by atoms with Crippen LogP contribution < -0.4 is 5.11 Å². The minimum atomic E-state index is -1.28. The van der Waals surface area contributed by atoms with E-state index in [0.29, 0.717) is 0 Å². The molecule has 0 heterocycles. The number of rotatable bonds is 3. The molecule has 0 amide bonds. The molecule has 78 valence electrons. The van der Waals surface area contributed by atoms with Crippen LogP contribution in [0.1, 0.15) is 27.6 Å². The predicted octanol–water partition coefficient (Wildman–Crippen LogP) is 0.740. The molecule has 0 saturated heterocycles. The highest BCUT2D eigenvalue weighted by molar-refractivity contribution is 5.92. The highest BCUT2D eigenvalue weighted by Crippen LogP contribution is 2.07. The lowest BCUT2D eigenvalue weighted by atomic mass is 10.1. The van der Waals surface area contributed by atoms with Gasteiger partial charge in [-0.25, -0.2) is 4.79 Å². The summed E-state index contributed by atoms with van der Waals surface area (Å²) in [7, 11) is 0. The van der Waals surface area contributed by atoms with Crippen LogP contribution in [0.25, 0.3) is 0 Å². The molecule has 0 fully saturated rings. The number of allylic oxidation sites excluding steroid dienone is 1. The minimum Gasteiger partial charge on any atom is -0.545 e. The van der Waals surface area contributed by atoms with E-state index in [9.17, 15) is 14.7 Å². The summed E-state index contributed by atoms with van der Waals surface area (Å²) in [6.45, 7) is 4.97. The highest BCUT2D eigenvalue weighted by Gasteiger charge is 2.06. The van der Waals surface area contributed by atoms with E-state index in [0.717, 1.165) is 0 Å². The van der Waals surface area contributed by atoms with E-state index in [-0.39, 0.29) is 16.9 Å². The first-order valence-corrected chi connectivity index (χ1v) is 4.20. The molecule has 1 aromatic carbocycles. The Labute approximate surface area is 86.8 Å². The van der Waals surface area contributed by atoms with Crippen LogP contribution in [0.4, 0.5) is 0 Å². The molecule has 0 saturated carbocycles. The second-order valence-electron chi connectivity index (χ2n) is 2.96.